The van der Waals surface area contributed by atoms with Crippen LogP contribution in [0.5, 0.6) is 0 Å². The van der Waals surface area contributed by atoms with Crippen LogP contribution in [0.15, 0.2) is 0 Å². The normalized spacial score (nSPS) is 30.3. The van der Waals surface area contributed by atoms with Crippen molar-refractivity contribution in [2.75, 3.05) is 19.6 Å². The Morgan fingerprint density at radius 2 is 2.31 bits per heavy atom. The van der Waals surface area contributed by atoms with Gasteiger partial charge >= 0.3 is 0 Å². The molecule has 0 radical (unpaired) electrons. The number of amides is 1. The molecule has 13 heavy (non-hydrogen) atoms. The quantitative estimate of drug-likeness (QED) is 0.624. The Kier molecular flexibility index (Phi) is 3.69. The Bertz CT molecular complexity index is 184. The van der Waals surface area contributed by atoms with Crippen LogP contribution in [0.4, 0.5) is 0 Å². The predicted molar refractivity (Wildman–Crippen MR) is 52.0 cm³/mol. The molecule has 0 aliphatic carbocycles. The molecule has 76 valence electrons. The molecule has 0 aromatic rings. The summed E-state index contributed by atoms with van der Waals surface area (Å²) in [5.41, 5.74) is 10.8. The first-order valence-corrected chi connectivity index (χ1v) is 4.86. The van der Waals surface area contributed by atoms with Crippen molar-refractivity contribution in [3.8, 4) is 0 Å². The summed E-state index contributed by atoms with van der Waals surface area (Å²) >= 11 is 0. The maximum absolute atomic E-state index is 10.8. The molecule has 0 aromatic carbocycles. The van der Waals surface area contributed by atoms with Crippen molar-refractivity contribution in [3.05, 3.63) is 0 Å². The predicted octanol–water partition coefficient (Wildman–Crippen LogP) is -0.469. The highest BCUT2D eigenvalue weighted by Crippen LogP contribution is 2.21. The molecule has 0 saturated carbocycles. The first kappa shape index (κ1) is 10.5. The van der Waals surface area contributed by atoms with Crippen molar-refractivity contribution in [3.63, 3.8) is 0 Å². The molecular formula is C9H19N3O. The fourth-order valence-corrected chi connectivity index (χ4v) is 1.95. The molecular weight excluding hydrogens is 166 g/mol. The Labute approximate surface area is 79.3 Å². The zero-order valence-electron chi connectivity index (χ0n) is 8.20. The molecule has 2 atom stereocenters. The number of carbonyl (C=O) groups excluding carboxylic acids is 1. The van der Waals surface area contributed by atoms with E-state index in [1.165, 1.54) is 0 Å². The number of nitrogens with two attached hydrogens (primary N) is 2. The summed E-state index contributed by atoms with van der Waals surface area (Å²) in [6.07, 6.45) is 2.23. The van der Waals surface area contributed by atoms with Crippen LogP contribution in [0.1, 0.15) is 19.8 Å². The summed E-state index contributed by atoms with van der Waals surface area (Å²) in [6, 6.07) is 0.344. The lowest BCUT2D eigenvalue weighted by molar-refractivity contribution is -0.120. The minimum atomic E-state index is -0.256. The summed E-state index contributed by atoms with van der Waals surface area (Å²) in [7, 11) is 0. The zero-order valence-corrected chi connectivity index (χ0v) is 8.20. The van der Waals surface area contributed by atoms with E-state index >= 15 is 0 Å². The molecule has 1 fully saturated rings. The summed E-state index contributed by atoms with van der Waals surface area (Å²) in [4.78, 5) is 12.8. The van der Waals surface area contributed by atoms with Crippen molar-refractivity contribution in [2.45, 2.75) is 25.8 Å². The molecule has 1 saturated heterocycles. The van der Waals surface area contributed by atoms with Gasteiger partial charge in [-0.1, -0.05) is 6.92 Å². The minimum Gasteiger partial charge on any atom is -0.369 e. The van der Waals surface area contributed by atoms with Crippen LogP contribution < -0.4 is 11.5 Å². The van der Waals surface area contributed by atoms with Gasteiger partial charge in [0, 0.05) is 12.6 Å². The third-order valence-electron chi connectivity index (χ3n) is 2.73. The Hall–Kier alpha value is -0.610. The molecule has 0 aromatic heterocycles. The summed E-state index contributed by atoms with van der Waals surface area (Å²) in [5.74, 6) is 0.464. The first-order chi connectivity index (χ1) is 6.13. The highest BCUT2D eigenvalue weighted by Gasteiger charge is 2.25. The summed E-state index contributed by atoms with van der Waals surface area (Å²) in [5, 5.41) is 0. The maximum atomic E-state index is 10.8. The minimum absolute atomic E-state index is 0.256. The molecule has 4 N–H and O–H groups in total. The van der Waals surface area contributed by atoms with Crippen molar-refractivity contribution in [2.24, 2.45) is 17.4 Å². The fourth-order valence-electron chi connectivity index (χ4n) is 1.95. The van der Waals surface area contributed by atoms with Crippen molar-refractivity contribution >= 4 is 5.91 Å². The van der Waals surface area contributed by atoms with Crippen LogP contribution >= 0.6 is 0 Å². The number of carbonyl (C=O) groups is 1. The van der Waals surface area contributed by atoms with E-state index in [0.717, 1.165) is 25.3 Å². The standard InChI is InChI=1S/C9H19N3O/c1-7-2-3-12(6-9(11)13)8(4-7)5-10/h7-8H,2-6,10H2,1H3,(H2,11,13). The number of nitrogens with zero attached hydrogens (tertiary/aromatic N) is 1. The van der Waals surface area contributed by atoms with Gasteiger partial charge in [-0.2, -0.15) is 0 Å². The van der Waals surface area contributed by atoms with Gasteiger partial charge in [-0.05, 0) is 25.3 Å². The van der Waals surface area contributed by atoms with Gasteiger partial charge in [0.05, 0.1) is 6.54 Å². The summed E-state index contributed by atoms with van der Waals surface area (Å²) < 4.78 is 0. The second-order valence-electron chi connectivity index (χ2n) is 3.96. The van der Waals surface area contributed by atoms with E-state index < -0.39 is 0 Å². The van der Waals surface area contributed by atoms with Gasteiger partial charge in [0.2, 0.25) is 5.91 Å². The molecule has 0 spiro atoms. The van der Waals surface area contributed by atoms with E-state index in [2.05, 4.69) is 11.8 Å². The van der Waals surface area contributed by atoms with E-state index in [9.17, 15) is 4.79 Å². The molecule has 1 aliphatic heterocycles. The highest BCUT2D eigenvalue weighted by atomic mass is 16.1. The lowest BCUT2D eigenvalue weighted by Gasteiger charge is -2.37. The molecule has 4 heteroatoms. The van der Waals surface area contributed by atoms with E-state index in [-0.39, 0.29) is 5.91 Å². The third-order valence-corrected chi connectivity index (χ3v) is 2.73. The van der Waals surface area contributed by atoms with Gasteiger partial charge in [0.15, 0.2) is 0 Å². The van der Waals surface area contributed by atoms with Crippen LogP contribution in [0.25, 0.3) is 0 Å². The van der Waals surface area contributed by atoms with E-state index in [1.54, 1.807) is 0 Å². The van der Waals surface area contributed by atoms with Gasteiger partial charge in [0.1, 0.15) is 0 Å². The van der Waals surface area contributed by atoms with Crippen LogP contribution in [-0.2, 0) is 4.79 Å². The maximum Gasteiger partial charge on any atom is 0.231 e. The van der Waals surface area contributed by atoms with Crippen LogP contribution in [0, 0.1) is 5.92 Å². The average molecular weight is 185 g/mol. The molecule has 2 unspecified atom stereocenters. The van der Waals surface area contributed by atoms with E-state index in [0.29, 0.717) is 19.1 Å². The number of likely N-dealkylation sites (tertiary alicyclic amines) is 1. The van der Waals surface area contributed by atoms with Gasteiger partial charge in [-0.25, -0.2) is 0 Å². The molecule has 1 heterocycles. The molecule has 1 amide bonds. The summed E-state index contributed by atoms with van der Waals surface area (Å²) in [6.45, 7) is 4.16. The number of primary amides is 1. The van der Waals surface area contributed by atoms with Gasteiger partial charge in [0.25, 0.3) is 0 Å². The van der Waals surface area contributed by atoms with Crippen LogP contribution in [-0.4, -0.2) is 36.5 Å². The zero-order chi connectivity index (χ0) is 9.84. The molecule has 0 bridgehead atoms. The average Bonchev–Trinajstić information content (AvgIpc) is 2.07. The fraction of sp³-hybridized carbons (Fsp3) is 0.889. The topological polar surface area (TPSA) is 72.3 Å². The second-order valence-corrected chi connectivity index (χ2v) is 3.96. The van der Waals surface area contributed by atoms with Gasteiger partial charge in [-0.15, -0.1) is 0 Å². The second kappa shape index (κ2) is 4.58. The van der Waals surface area contributed by atoms with E-state index in [4.69, 9.17) is 11.5 Å². The lowest BCUT2D eigenvalue weighted by Crippen LogP contribution is -2.49. The van der Waals surface area contributed by atoms with Gasteiger partial charge < -0.3 is 11.5 Å². The number of hydrogen-bond acceptors (Lipinski definition) is 3. The molecule has 4 nitrogen and oxygen atoms in total. The number of hydrogen-bond donors (Lipinski definition) is 2. The molecule has 1 aliphatic rings. The smallest absolute Gasteiger partial charge is 0.231 e. The first-order valence-electron chi connectivity index (χ1n) is 4.86. The molecule has 1 rings (SSSR count). The lowest BCUT2D eigenvalue weighted by atomic mass is 9.92. The Balaban J connectivity index is 2.47. The van der Waals surface area contributed by atoms with Crippen LogP contribution in [0.3, 0.4) is 0 Å². The Morgan fingerprint density at radius 1 is 1.62 bits per heavy atom. The largest absolute Gasteiger partial charge is 0.369 e. The Morgan fingerprint density at radius 3 is 2.85 bits per heavy atom. The third kappa shape index (κ3) is 2.97. The van der Waals surface area contributed by atoms with Crippen molar-refractivity contribution in [1.82, 2.24) is 4.90 Å². The van der Waals surface area contributed by atoms with Crippen LogP contribution in [0.2, 0.25) is 0 Å². The monoisotopic (exact) mass is 185 g/mol. The van der Waals surface area contributed by atoms with Crippen molar-refractivity contribution < 1.29 is 4.79 Å². The number of rotatable bonds is 3. The van der Waals surface area contributed by atoms with Gasteiger partial charge in [-0.3, -0.25) is 9.69 Å². The highest BCUT2D eigenvalue weighted by molar-refractivity contribution is 5.75. The number of piperidine rings is 1. The van der Waals surface area contributed by atoms with Crippen molar-refractivity contribution in [1.29, 1.82) is 0 Å². The van der Waals surface area contributed by atoms with E-state index in [1.807, 2.05) is 0 Å². The SMILES string of the molecule is CC1CCN(CC(N)=O)C(CN)C1.